The molecule has 1 aromatic carbocycles. The second-order valence-corrected chi connectivity index (χ2v) is 9.73. The molecule has 3 heterocycles. The van der Waals surface area contributed by atoms with Gasteiger partial charge in [-0.3, -0.25) is 4.79 Å². The molecule has 0 N–H and O–H groups in total. The molecule has 0 saturated carbocycles. The number of halogens is 1. The van der Waals surface area contributed by atoms with Crippen LogP contribution in [0.3, 0.4) is 0 Å². The van der Waals surface area contributed by atoms with E-state index in [2.05, 4.69) is 0 Å². The summed E-state index contributed by atoms with van der Waals surface area (Å²) >= 11 is 6.02. The van der Waals surface area contributed by atoms with E-state index in [0.717, 1.165) is 5.56 Å². The Morgan fingerprint density at radius 2 is 2.23 bits per heavy atom. The maximum atomic E-state index is 13.1. The molecule has 7 nitrogen and oxygen atoms in total. The Morgan fingerprint density at radius 3 is 2.96 bits per heavy atom. The first-order chi connectivity index (χ1) is 12.3. The van der Waals surface area contributed by atoms with Crippen molar-refractivity contribution in [1.82, 2.24) is 9.21 Å². The second kappa shape index (κ2) is 6.45. The molecule has 1 spiro atoms. The fourth-order valence-corrected chi connectivity index (χ4v) is 6.84. The molecule has 1 amide bonds. The zero-order valence-electron chi connectivity index (χ0n) is 14.4. The fraction of sp³-hybridized carbons (Fsp3) is 0.588. The van der Waals surface area contributed by atoms with Gasteiger partial charge in [-0.25, -0.2) is 8.42 Å². The van der Waals surface area contributed by atoms with Crippen LogP contribution in [0, 0.1) is 0 Å². The van der Waals surface area contributed by atoms with Gasteiger partial charge in [0.15, 0.2) is 0 Å². The van der Waals surface area contributed by atoms with Crippen LogP contribution in [0.4, 0.5) is 0 Å². The van der Waals surface area contributed by atoms with Gasteiger partial charge in [0.2, 0.25) is 15.9 Å². The largest absolute Gasteiger partial charge is 0.375 e. The van der Waals surface area contributed by atoms with E-state index in [1.54, 1.807) is 23.1 Å². The van der Waals surface area contributed by atoms with Crippen molar-refractivity contribution in [3.8, 4) is 0 Å². The minimum atomic E-state index is -3.50. The van der Waals surface area contributed by atoms with Crippen LogP contribution in [0.2, 0.25) is 5.02 Å². The number of nitrogens with zero attached hydrogens (tertiary/aromatic N) is 2. The standard InChI is InChI=1S/C17H21ClN2O5S/c1-24-9-16(21)19-8-14-6-15-17(10-19,25-14)11-20(26(15,22)23)7-12-3-2-4-13(18)5-12/h2-5,14-15H,6-11H2,1H3/t14-,15+,17+/m1/s1. The molecule has 142 valence electrons. The van der Waals surface area contributed by atoms with Crippen molar-refractivity contribution in [2.24, 2.45) is 0 Å². The van der Waals surface area contributed by atoms with Crippen LogP contribution in [0.25, 0.3) is 0 Å². The third-order valence-corrected chi connectivity index (χ3v) is 7.93. The van der Waals surface area contributed by atoms with E-state index in [1.807, 2.05) is 6.07 Å². The Balaban J connectivity index is 1.58. The molecule has 0 aliphatic carbocycles. The highest BCUT2D eigenvalue weighted by Gasteiger charge is 2.65. The molecule has 1 aromatic rings. The summed E-state index contributed by atoms with van der Waals surface area (Å²) in [6, 6.07) is 7.18. The van der Waals surface area contributed by atoms with E-state index < -0.39 is 20.9 Å². The Bertz CT molecular complexity index is 832. The van der Waals surface area contributed by atoms with Gasteiger partial charge in [-0.15, -0.1) is 0 Å². The van der Waals surface area contributed by atoms with Crippen LogP contribution in [0.1, 0.15) is 12.0 Å². The highest BCUT2D eigenvalue weighted by atomic mass is 35.5. The zero-order valence-corrected chi connectivity index (χ0v) is 16.0. The lowest BCUT2D eigenvalue weighted by atomic mass is 9.99. The van der Waals surface area contributed by atoms with Crippen molar-refractivity contribution < 1.29 is 22.7 Å². The number of benzene rings is 1. The minimum absolute atomic E-state index is 0.00749. The Labute approximate surface area is 157 Å². The molecule has 3 fully saturated rings. The molecule has 3 aliphatic heterocycles. The minimum Gasteiger partial charge on any atom is -0.375 e. The number of hydrogen-bond donors (Lipinski definition) is 0. The molecule has 4 rings (SSSR count). The first-order valence-corrected chi connectivity index (χ1v) is 10.4. The van der Waals surface area contributed by atoms with Gasteiger partial charge in [-0.05, 0) is 24.1 Å². The number of rotatable bonds is 4. The van der Waals surface area contributed by atoms with E-state index in [4.69, 9.17) is 21.1 Å². The maximum absolute atomic E-state index is 13.1. The molecule has 0 aromatic heterocycles. The van der Waals surface area contributed by atoms with Gasteiger partial charge >= 0.3 is 0 Å². The number of carbonyl (C=O) groups excluding carboxylic acids is 1. The van der Waals surface area contributed by atoms with Gasteiger partial charge < -0.3 is 14.4 Å². The van der Waals surface area contributed by atoms with E-state index >= 15 is 0 Å². The third kappa shape index (κ3) is 2.93. The number of amides is 1. The summed E-state index contributed by atoms with van der Waals surface area (Å²) in [6.07, 6.45) is 0.183. The summed E-state index contributed by atoms with van der Waals surface area (Å²) in [5, 5.41) is -0.0395. The van der Waals surface area contributed by atoms with Gasteiger partial charge in [-0.1, -0.05) is 23.7 Å². The zero-order chi connectivity index (χ0) is 18.5. The quantitative estimate of drug-likeness (QED) is 0.749. The number of ether oxygens (including phenoxy) is 2. The summed E-state index contributed by atoms with van der Waals surface area (Å²) in [7, 11) is -2.03. The SMILES string of the molecule is COCC(=O)N1C[C@H]2C[C@H]3[C@](C1)(CN(Cc1cccc(Cl)c1)S3(=O)=O)O2. The molecule has 3 atom stereocenters. The lowest BCUT2D eigenvalue weighted by Crippen LogP contribution is -2.57. The maximum Gasteiger partial charge on any atom is 0.248 e. The summed E-state index contributed by atoms with van der Waals surface area (Å²) in [5.41, 5.74) is -0.0267. The summed E-state index contributed by atoms with van der Waals surface area (Å²) < 4.78 is 38.7. The highest BCUT2D eigenvalue weighted by Crippen LogP contribution is 2.47. The van der Waals surface area contributed by atoms with Crippen LogP contribution in [-0.2, 0) is 30.8 Å². The fourth-order valence-electron chi connectivity index (χ4n) is 4.33. The Morgan fingerprint density at radius 1 is 1.42 bits per heavy atom. The summed E-state index contributed by atoms with van der Waals surface area (Å²) in [5.74, 6) is -0.133. The highest BCUT2D eigenvalue weighted by molar-refractivity contribution is 7.90. The predicted octanol–water partition coefficient (Wildman–Crippen LogP) is 0.870. The normalized spacial score (nSPS) is 32.6. The first-order valence-electron chi connectivity index (χ1n) is 8.52. The van der Waals surface area contributed by atoms with Crippen molar-refractivity contribution in [2.75, 3.05) is 33.4 Å². The Hall–Kier alpha value is -1.19. The number of likely N-dealkylation sites (tertiary alicyclic amines) is 1. The summed E-state index contributed by atoms with van der Waals surface area (Å²) in [6.45, 7) is 1.19. The average molecular weight is 401 g/mol. The lowest BCUT2D eigenvalue weighted by molar-refractivity contribution is -0.154. The topological polar surface area (TPSA) is 76.2 Å². The molecule has 3 saturated heterocycles. The molecule has 0 unspecified atom stereocenters. The van der Waals surface area contributed by atoms with E-state index in [0.29, 0.717) is 18.0 Å². The van der Waals surface area contributed by atoms with E-state index in [1.165, 1.54) is 11.4 Å². The first kappa shape index (κ1) is 18.2. The van der Waals surface area contributed by atoms with Gasteiger partial charge in [-0.2, -0.15) is 4.31 Å². The van der Waals surface area contributed by atoms with Gasteiger partial charge in [0.1, 0.15) is 17.5 Å². The van der Waals surface area contributed by atoms with Gasteiger partial charge in [0.25, 0.3) is 0 Å². The van der Waals surface area contributed by atoms with Crippen LogP contribution in [0.5, 0.6) is 0 Å². The van der Waals surface area contributed by atoms with E-state index in [9.17, 15) is 13.2 Å². The molecule has 0 radical (unpaired) electrons. The van der Waals surface area contributed by atoms with E-state index in [-0.39, 0.29) is 38.3 Å². The number of sulfonamides is 1. The van der Waals surface area contributed by atoms with Crippen LogP contribution < -0.4 is 0 Å². The van der Waals surface area contributed by atoms with Gasteiger partial charge in [0.05, 0.1) is 12.6 Å². The number of fused-ring (bicyclic) bond motifs is 1. The lowest BCUT2D eigenvalue weighted by Gasteiger charge is -2.39. The van der Waals surface area contributed by atoms with Crippen LogP contribution in [-0.4, -0.2) is 73.8 Å². The molecular formula is C17H21ClN2O5S. The van der Waals surface area contributed by atoms with Crippen LogP contribution in [0.15, 0.2) is 24.3 Å². The van der Waals surface area contributed by atoms with Crippen molar-refractivity contribution in [1.29, 1.82) is 0 Å². The molecule has 26 heavy (non-hydrogen) atoms. The van der Waals surface area contributed by atoms with Gasteiger partial charge in [0, 0.05) is 31.8 Å². The predicted molar refractivity (Wildman–Crippen MR) is 95.2 cm³/mol. The number of hydrogen-bond acceptors (Lipinski definition) is 5. The van der Waals surface area contributed by atoms with Crippen molar-refractivity contribution in [2.45, 2.75) is 29.9 Å². The average Bonchev–Trinajstić information content (AvgIpc) is 2.94. The summed E-state index contributed by atoms with van der Waals surface area (Å²) in [4.78, 5) is 13.9. The number of methoxy groups -OCH3 is 1. The molecule has 2 bridgehead atoms. The van der Waals surface area contributed by atoms with Crippen LogP contribution >= 0.6 is 11.6 Å². The molecule has 3 aliphatic rings. The molecule has 9 heteroatoms. The number of carbonyl (C=O) groups is 1. The number of morpholine rings is 1. The Kier molecular flexibility index (Phi) is 4.51. The smallest absolute Gasteiger partial charge is 0.248 e. The molecular weight excluding hydrogens is 380 g/mol. The monoisotopic (exact) mass is 400 g/mol. The van der Waals surface area contributed by atoms with Crippen molar-refractivity contribution in [3.63, 3.8) is 0 Å². The van der Waals surface area contributed by atoms with Crippen molar-refractivity contribution >= 4 is 27.5 Å². The third-order valence-electron chi connectivity index (χ3n) is 5.38. The van der Waals surface area contributed by atoms with Crippen molar-refractivity contribution in [3.05, 3.63) is 34.9 Å². The second-order valence-electron chi connectivity index (χ2n) is 7.18.